The number of nitrogens with one attached hydrogen (secondary N) is 1. The van der Waals surface area contributed by atoms with Crippen LogP contribution in [-0.2, 0) is 10.3 Å². The van der Waals surface area contributed by atoms with Gasteiger partial charge in [0, 0.05) is 17.0 Å². The molecular weight excluding hydrogens is 296 g/mol. The molecule has 2 saturated carbocycles. The van der Waals surface area contributed by atoms with Gasteiger partial charge in [0.1, 0.15) is 0 Å². The molecule has 4 heteroatoms. The Bertz CT molecular complexity index is 540. The predicted molar refractivity (Wildman–Crippen MR) is 89.7 cm³/mol. The zero-order chi connectivity index (χ0) is 15.6. The van der Waals surface area contributed by atoms with Crippen LogP contribution in [0.4, 0.5) is 0 Å². The number of carbonyl (C=O) groups is 1. The second-order valence-electron chi connectivity index (χ2n) is 6.91. The Hall–Kier alpha value is -1.06. The number of nitrogens with two attached hydrogens (primary N) is 1. The number of halogens is 1. The van der Waals surface area contributed by atoms with Crippen molar-refractivity contribution in [1.29, 1.82) is 0 Å². The molecule has 2 unspecified atom stereocenters. The van der Waals surface area contributed by atoms with Crippen molar-refractivity contribution in [3.63, 3.8) is 0 Å². The summed E-state index contributed by atoms with van der Waals surface area (Å²) in [7, 11) is 0. The molecule has 3 nitrogen and oxygen atoms in total. The van der Waals surface area contributed by atoms with Gasteiger partial charge >= 0.3 is 0 Å². The maximum Gasteiger partial charge on any atom is 0.223 e. The summed E-state index contributed by atoms with van der Waals surface area (Å²) in [5.74, 6) is 0.248. The third kappa shape index (κ3) is 3.31. The van der Waals surface area contributed by atoms with Crippen LogP contribution in [0.3, 0.4) is 0 Å². The summed E-state index contributed by atoms with van der Waals surface area (Å²) in [4.78, 5) is 12.8. The van der Waals surface area contributed by atoms with Crippen molar-refractivity contribution in [3.8, 4) is 0 Å². The van der Waals surface area contributed by atoms with Crippen LogP contribution in [0.15, 0.2) is 24.3 Å². The van der Waals surface area contributed by atoms with E-state index in [1.807, 2.05) is 18.2 Å². The van der Waals surface area contributed by atoms with Crippen molar-refractivity contribution < 1.29 is 4.79 Å². The average molecular weight is 321 g/mol. The van der Waals surface area contributed by atoms with Gasteiger partial charge < -0.3 is 11.1 Å². The SMILES string of the molecule is NC1CCCC(C(=O)NC2(c3cccc(Cl)c3)CCCC2)C1. The largest absolute Gasteiger partial charge is 0.346 e. The first-order valence-electron chi connectivity index (χ1n) is 8.43. The highest BCUT2D eigenvalue weighted by atomic mass is 35.5. The lowest BCUT2D eigenvalue weighted by Crippen LogP contribution is -2.48. The molecule has 2 atom stereocenters. The molecule has 1 aromatic rings. The van der Waals surface area contributed by atoms with Gasteiger partial charge in [-0.25, -0.2) is 0 Å². The van der Waals surface area contributed by atoms with Crippen molar-refractivity contribution >= 4 is 17.5 Å². The Balaban J connectivity index is 1.78. The van der Waals surface area contributed by atoms with Crippen molar-refractivity contribution in [3.05, 3.63) is 34.9 Å². The maximum atomic E-state index is 12.8. The van der Waals surface area contributed by atoms with Gasteiger partial charge in [-0.1, -0.05) is 43.0 Å². The molecule has 0 saturated heterocycles. The fourth-order valence-corrected chi connectivity index (χ4v) is 4.24. The predicted octanol–water partition coefficient (Wildman–Crippen LogP) is 3.74. The number of hydrogen-bond acceptors (Lipinski definition) is 2. The van der Waals surface area contributed by atoms with Crippen molar-refractivity contribution in [1.82, 2.24) is 5.32 Å². The molecule has 0 radical (unpaired) electrons. The Morgan fingerprint density at radius 1 is 1.23 bits per heavy atom. The van der Waals surface area contributed by atoms with Crippen LogP contribution in [0.5, 0.6) is 0 Å². The van der Waals surface area contributed by atoms with Gasteiger partial charge in [-0.3, -0.25) is 4.79 Å². The van der Waals surface area contributed by atoms with Gasteiger partial charge in [-0.15, -0.1) is 0 Å². The van der Waals surface area contributed by atoms with E-state index < -0.39 is 0 Å². The lowest BCUT2D eigenvalue weighted by atomic mass is 9.83. The molecule has 2 aliphatic rings. The quantitative estimate of drug-likeness (QED) is 0.891. The van der Waals surface area contributed by atoms with E-state index in [1.165, 1.54) is 0 Å². The number of hydrogen-bond donors (Lipinski definition) is 2. The van der Waals surface area contributed by atoms with E-state index in [1.54, 1.807) is 0 Å². The van der Waals surface area contributed by atoms with Crippen LogP contribution in [0.1, 0.15) is 56.9 Å². The fourth-order valence-electron chi connectivity index (χ4n) is 4.05. The smallest absolute Gasteiger partial charge is 0.223 e. The van der Waals surface area contributed by atoms with Crippen molar-refractivity contribution in [2.45, 2.75) is 62.9 Å². The summed E-state index contributed by atoms with van der Waals surface area (Å²) in [5, 5.41) is 4.11. The van der Waals surface area contributed by atoms with E-state index >= 15 is 0 Å². The van der Waals surface area contributed by atoms with E-state index in [2.05, 4.69) is 11.4 Å². The van der Waals surface area contributed by atoms with Crippen LogP contribution in [0.25, 0.3) is 0 Å². The van der Waals surface area contributed by atoms with E-state index in [-0.39, 0.29) is 23.4 Å². The number of amides is 1. The van der Waals surface area contributed by atoms with Gasteiger partial charge in [0.2, 0.25) is 5.91 Å². The topological polar surface area (TPSA) is 55.1 Å². The molecule has 1 amide bonds. The second-order valence-corrected chi connectivity index (χ2v) is 7.35. The lowest BCUT2D eigenvalue weighted by molar-refractivity contribution is -0.128. The minimum Gasteiger partial charge on any atom is -0.346 e. The molecule has 0 aliphatic heterocycles. The van der Waals surface area contributed by atoms with Crippen LogP contribution in [0.2, 0.25) is 5.02 Å². The number of benzene rings is 1. The summed E-state index contributed by atoms with van der Waals surface area (Å²) in [6, 6.07) is 8.12. The molecule has 0 spiro atoms. The summed E-state index contributed by atoms with van der Waals surface area (Å²) in [6.45, 7) is 0. The third-order valence-electron chi connectivity index (χ3n) is 5.28. The zero-order valence-electron chi connectivity index (χ0n) is 13.0. The van der Waals surface area contributed by atoms with Crippen LogP contribution < -0.4 is 11.1 Å². The Labute approximate surface area is 137 Å². The minimum absolute atomic E-state index is 0.0698. The van der Waals surface area contributed by atoms with Crippen LogP contribution in [-0.4, -0.2) is 11.9 Å². The number of carbonyl (C=O) groups excluding carboxylic acids is 1. The molecule has 3 rings (SSSR count). The van der Waals surface area contributed by atoms with E-state index in [4.69, 9.17) is 17.3 Å². The highest BCUT2D eigenvalue weighted by molar-refractivity contribution is 6.30. The standard InChI is InChI=1S/C18H25ClN2O/c19-15-7-4-6-14(12-15)18(9-1-2-10-18)21-17(22)13-5-3-8-16(20)11-13/h4,6-7,12-13,16H,1-3,5,8-11,20H2,(H,21,22). The molecule has 120 valence electrons. The monoisotopic (exact) mass is 320 g/mol. The molecular formula is C18H25ClN2O. The summed E-state index contributed by atoms with van der Waals surface area (Å²) >= 11 is 6.16. The summed E-state index contributed by atoms with van der Waals surface area (Å²) < 4.78 is 0. The van der Waals surface area contributed by atoms with Gasteiger partial charge in [0.05, 0.1) is 5.54 Å². The first-order chi connectivity index (χ1) is 10.6. The molecule has 0 heterocycles. The Kier molecular flexibility index (Phi) is 4.74. The average Bonchev–Trinajstić information content (AvgIpc) is 2.97. The highest BCUT2D eigenvalue weighted by Gasteiger charge is 2.39. The minimum atomic E-state index is -0.233. The van der Waals surface area contributed by atoms with Crippen LogP contribution >= 0.6 is 11.6 Å². The molecule has 22 heavy (non-hydrogen) atoms. The highest BCUT2D eigenvalue weighted by Crippen LogP contribution is 2.40. The van der Waals surface area contributed by atoms with Gasteiger partial charge in [0.25, 0.3) is 0 Å². The zero-order valence-corrected chi connectivity index (χ0v) is 13.7. The molecule has 3 N–H and O–H groups in total. The van der Waals surface area contributed by atoms with Gasteiger partial charge in [0.15, 0.2) is 0 Å². The number of rotatable bonds is 3. The molecule has 2 aliphatic carbocycles. The van der Waals surface area contributed by atoms with Crippen molar-refractivity contribution in [2.75, 3.05) is 0 Å². The second kappa shape index (κ2) is 6.59. The fraction of sp³-hybridized carbons (Fsp3) is 0.611. The van der Waals surface area contributed by atoms with E-state index in [0.29, 0.717) is 0 Å². The summed E-state index contributed by atoms with van der Waals surface area (Å²) in [6.07, 6.45) is 8.18. The van der Waals surface area contributed by atoms with Crippen LogP contribution in [0, 0.1) is 5.92 Å². The van der Waals surface area contributed by atoms with E-state index in [9.17, 15) is 4.79 Å². The Morgan fingerprint density at radius 2 is 2.00 bits per heavy atom. The summed E-state index contributed by atoms with van der Waals surface area (Å²) in [5.41, 5.74) is 6.95. The maximum absolute atomic E-state index is 12.8. The molecule has 1 aromatic carbocycles. The van der Waals surface area contributed by atoms with E-state index in [0.717, 1.165) is 62.0 Å². The third-order valence-corrected chi connectivity index (χ3v) is 5.52. The molecule has 0 bridgehead atoms. The molecule has 0 aromatic heterocycles. The lowest BCUT2D eigenvalue weighted by Gasteiger charge is -2.34. The normalized spacial score (nSPS) is 27.5. The van der Waals surface area contributed by atoms with Gasteiger partial charge in [-0.05, 0) is 49.8 Å². The van der Waals surface area contributed by atoms with Crippen molar-refractivity contribution in [2.24, 2.45) is 11.7 Å². The first kappa shape index (κ1) is 15.8. The first-order valence-corrected chi connectivity index (χ1v) is 8.80. The van der Waals surface area contributed by atoms with Gasteiger partial charge in [-0.2, -0.15) is 0 Å². The Morgan fingerprint density at radius 3 is 2.68 bits per heavy atom. The molecule has 2 fully saturated rings.